The van der Waals surface area contributed by atoms with Crippen LogP contribution in [0.5, 0.6) is 0 Å². The molecule has 0 saturated carbocycles. The average Bonchev–Trinajstić information content (AvgIpc) is 2.57. The number of hydrogen-bond donors (Lipinski definition) is 3. The SMILES string of the molecule is O=C(Nc1ccccc1)Nc1ccc(Nc2cccc(Cl)c2)cn1. The summed E-state index contributed by atoms with van der Waals surface area (Å²) in [6.07, 6.45) is 1.64. The second-order valence-electron chi connectivity index (χ2n) is 5.01. The number of halogens is 1. The smallest absolute Gasteiger partial charge is 0.324 e. The van der Waals surface area contributed by atoms with E-state index in [0.29, 0.717) is 16.5 Å². The Labute approximate surface area is 144 Å². The van der Waals surface area contributed by atoms with Crippen LogP contribution >= 0.6 is 11.6 Å². The number of rotatable bonds is 4. The van der Waals surface area contributed by atoms with Gasteiger partial charge in [-0.2, -0.15) is 0 Å². The molecule has 0 saturated heterocycles. The van der Waals surface area contributed by atoms with Crippen molar-refractivity contribution in [1.82, 2.24) is 4.98 Å². The van der Waals surface area contributed by atoms with Gasteiger partial charge in [0.15, 0.2) is 0 Å². The minimum absolute atomic E-state index is 0.343. The summed E-state index contributed by atoms with van der Waals surface area (Å²) in [6, 6.07) is 19.8. The van der Waals surface area contributed by atoms with E-state index in [9.17, 15) is 4.79 Å². The molecule has 1 heterocycles. The van der Waals surface area contributed by atoms with Gasteiger partial charge >= 0.3 is 6.03 Å². The normalized spacial score (nSPS) is 10.0. The molecule has 0 radical (unpaired) electrons. The van der Waals surface area contributed by atoms with Crippen LogP contribution in [-0.4, -0.2) is 11.0 Å². The number of amides is 2. The molecule has 0 bridgehead atoms. The molecule has 2 aromatic carbocycles. The van der Waals surface area contributed by atoms with E-state index in [0.717, 1.165) is 11.4 Å². The highest BCUT2D eigenvalue weighted by Crippen LogP contribution is 2.20. The largest absolute Gasteiger partial charge is 0.354 e. The molecule has 0 unspecified atom stereocenters. The first kappa shape index (κ1) is 15.8. The van der Waals surface area contributed by atoms with Gasteiger partial charge in [-0.15, -0.1) is 0 Å². The quantitative estimate of drug-likeness (QED) is 0.618. The topological polar surface area (TPSA) is 66.1 Å². The molecule has 2 amide bonds. The Hall–Kier alpha value is -3.05. The van der Waals surface area contributed by atoms with E-state index >= 15 is 0 Å². The standard InChI is InChI=1S/C18H15ClN4O/c19-13-5-4-8-15(11-13)21-16-9-10-17(20-12-16)23-18(24)22-14-6-2-1-3-7-14/h1-12,21H,(H2,20,22,23,24). The molecule has 6 heteroatoms. The summed E-state index contributed by atoms with van der Waals surface area (Å²) in [5, 5.41) is 9.26. The van der Waals surface area contributed by atoms with Crippen LogP contribution in [0.15, 0.2) is 72.9 Å². The molecule has 24 heavy (non-hydrogen) atoms. The maximum atomic E-state index is 11.9. The predicted octanol–water partition coefficient (Wildman–Crippen LogP) is 5.12. The van der Waals surface area contributed by atoms with Gasteiger partial charge in [-0.05, 0) is 42.5 Å². The summed E-state index contributed by atoms with van der Waals surface area (Å²) < 4.78 is 0. The third kappa shape index (κ3) is 4.47. The van der Waals surface area contributed by atoms with Crippen molar-refractivity contribution in [3.63, 3.8) is 0 Å². The molecule has 5 nitrogen and oxygen atoms in total. The number of pyridine rings is 1. The van der Waals surface area contributed by atoms with Crippen LogP contribution in [0.2, 0.25) is 5.02 Å². The Morgan fingerprint density at radius 2 is 1.62 bits per heavy atom. The van der Waals surface area contributed by atoms with Crippen LogP contribution in [0.3, 0.4) is 0 Å². The maximum Gasteiger partial charge on any atom is 0.324 e. The van der Waals surface area contributed by atoms with Crippen molar-refractivity contribution >= 4 is 40.5 Å². The fraction of sp³-hybridized carbons (Fsp3) is 0. The summed E-state index contributed by atoms with van der Waals surface area (Å²) in [5.41, 5.74) is 2.38. The van der Waals surface area contributed by atoms with Gasteiger partial charge in [-0.3, -0.25) is 5.32 Å². The first-order valence-electron chi connectivity index (χ1n) is 7.31. The van der Waals surface area contributed by atoms with Gasteiger partial charge in [0.05, 0.1) is 11.9 Å². The van der Waals surface area contributed by atoms with Crippen molar-refractivity contribution < 1.29 is 4.79 Å². The maximum absolute atomic E-state index is 11.9. The van der Waals surface area contributed by atoms with Crippen LogP contribution < -0.4 is 16.0 Å². The summed E-state index contributed by atoms with van der Waals surface area (Å²) in [6.45, 7) is 0. The minimum Gasteiger partial charge on any atom is -0.354 e. The highest BCUT2D eigenvalue weighted by atomic mass is 35.5. The second kappa shape index (κ2) is 7.48. The summed E-state index contributed by atoms with van der Waals surface area (Å²) in [5.74, 6) is 0.458. The number of carbonyl (C=O) groups excluding carboxylic acids is 1. The van der Waals surface area contributed by atoms with E-state index in [-0.39, 0.29) is 6.03 Å². The fourth-order valence-corrected chi connectivity index (χ4v) is 2.27. The molecule has 1 aromatic heterocycles. The van der Waals surface area contributed by atoms with Crippen molar-refractivity contribution in [1.29, 1.82) is 0 Å². The third-order valence-corrected chi connectivity index (χ3v) is 3.39. The minimum atomic E-state index is -0.343. The molecule has 3 N–H and O–H groups in total. The van der Waals surface area contributed by atoms with Crippen LogP contribution in [0.25, 0.3) is 0 Å². The van der Waals surface area contributed by atoms with Crippen LogP contribution in [0, 0.1) is 0 Å². The molecule has 3 rings (SSSR count). The van der Waals surface area contributed by atoms with Crippen molar-refractivity contribution in [3.05, 3.63) is 77.9 Å². The van der Waals surface area contributed by atoms with Crippen molar-refractivity contribution in [2.45, 2.75) is 0 Å². The monoisotopic (exact) mass is 338 g/mol. The molecule has 0 aliphatic rings. The lowest BCUT2D eigenvalue weighted by atomic mass is 10.3. The van der Waals surface area contributed by atoms with E-state index in [4.69, 9.17) is 11.6 Å². The van der Waals surface area contributed by atoms with Gasteiger partial charge in [-0.1, -0.05) is 35.9 Å². The Morgan fingerprint density at radius 1 is 0.833 bits per heavy atom. The molecule has 0 atom stereocenters. The van der Waals surface area contributed by atoms with E-state index in [1.807, 2.05) is 60.7 Å². The van der Waals surface area contributed by atoms with Gasteiger partial charge in [-0.25, -0.2) is 9.78 Å². The predicted molar refractivity (Wildman–Crippen MR) is 98.1 cm³/mol. The highest BCUT2D eigenvalue weighted by molar-refractivity contribution is 6.30. The van der Waals surface area contributed by atoms with Gasteiger partial charge in [0.25, 0.3) is 0 Å². The molecule has 0 spiro atoms. The molecule has 3 aromatic rings. The summed E-state index contributed by atoms with van der Waals surface area (Å²) >= 11 is 5.95. The van der Waals surface area contributed by atoms with Gasteiger partial charge in [0.1, 0.15) is 5.82 Å². The Kier molecular flexibility index (Phi) is 4.93. The number of nitrogens with one attached hydrogen (secondary N) is 3. The number of benzene rings is 2. The fourth-order valence-electron chi connectivity index (χ4n) is 2.07. The molecule has 0 aliphatic heterocycles. The Balaban J connectivity index is 1.59. The zero-order valence-electron chi connectivity index (χ0n) is 12.7. The van der Waals surface area contributed by atoms with E-state index < -0.39 is 0 Å². The number of anilines is 4. The molecular weight excluding hydrogens is 324 g/mol. The third-order valence-electron chi connectivity index (χ3n) is 3.15. The number of urea groups is 1. The van der Waals surface area contributed by atoms with Crippen LogP contribution in [0.4, 0.5) is 27.7 Å². The number of aromatic nitrogens is 1. The van der Waals surface area contributed by atoms with E-state index in [1.165, 1.54) is 0 Å². The van der Waals surface area contributed by atoms with Crippen LogP contribution in [0.1, 0.15) is 0 Å². The van der Waals surface area contributed by atoms with Crippen molar-refractivity contribution in [3.8, 4) is 0 Å². The summed E-state index contributed by atoms with van der Waals surface area (Å²) in [4.78, 5) is 16.1. The zero-order valence-corrected chi connectivity index (χ0v) is 13.4. The van der Waals surface area contributed by atoms with Crippen molar-refractivity contribution in [2.75, 3.05) is 16.0 Å². The number of hydrogen-bond acceptors (Lipinski definition) is 3. The number of para-hydroxylation sites is 1. The van der Waals surface area contributed by atoms with E-state index in [2.05, 4.69) is 20.9 Å². The highest BCUT2D eigenvalue weighted by Gasteiger charge is 2.03. The Morgan fingerprint density at radius 3 is 2.33 bits per heavy atom. The van der Waals surface area contributed by atoms with E-state index in [1.54, 1.807) is 12.3 Å². The van der Waals surface area contributed by atoms with Crippen LogP contribution in [-0.2, 0) is 0 Å². The van der Waals surface area contributed by atoms with Gasteiger partial charge in [0.2, 0.25) is 0 Å². The average molecular weight is 339 g/mol. The lowest BCUT2D eigenvalue weighted by molar-refractivity contribution is 0.262. The number of nitrogens with zero attached hydrogens (tertiary/aromatic N) is 1. The molecule has 120 valence electrons. The first-order chi connectivity index (χ1) is 11.7. The zero-order chi connectivity index (χ0) is 16.8. The molecule has 0 aliphatic carbocycles. The number of carbonyl (C=O) groups is 1. The Bertz CT molecular complexity index is 822. The lowest BCUT2D eigenvalue weighted by Crippen LogP contribution is -2.19. The van der Waals surface area contributed by atoms with Crippen molar-refractivity contribution in [2.24, 2.45) is 0 Å². The summed E-state index contributed by atoms with van der Waals surface area (Å²) in [7, 11) is 0. The molecule has 0 fully saturated rings. The first-order valence-corrected chi connectivity index (χ1v) is 7.68. The second-order valence-corrected chi connectivity index (χ2v) is 5.45. The van der Waals surface area contributed by atoms with Gasteiger partial charge < -0.3 is 10.6 Å². The lowest BCUT2D eigenvalue weighted by Gasteiger charge is -2.09. The molecular formula is C18H15ClN4O. The van der Waals surface area contributed by atoms with Gasteiger partial charge in [0, 0.05) is 16.4 Å².